The van der Waals surface area contributed by atoms with Crippen LogP contribution in [0.2, 0.25) is 0 Å². The van der Waals surface area contributed by atoms with E-state index in [-0.39, 0.29) is 60.5 Å². The van der Waals surface area contributed by atoms with Crippen molar-refractivity contribution in [1.29, 1.82) is 0 Å². The first-order valence-corrected chi connectivity index (χ1v) is 16.3. The maximum Gasteiger partial charge on any atom is 0.149 e. The lowest BCUT2D eigenvalue weighted by Gasteiger charge is -2.42. The van der Waals surface area contributed by atoms with Crippen molar-refractivity contribution in [1.82, 2.24) is 19.6 Å². The Hall–Kier alpha value is -3.56. The van der Waals surface area contributed by atoms with Gasteiger partial charge in [0.15, 0.2) is 0 Å². The Morgan fingerprint density at radius 1 is 1.16 bits per heavy atom. The van der Waals surface area contributed by atoms with Gasteiger partial charge in [-0.05, 0) is 35.9 Å². The van der Waals surface area contributed by atoms with Crippen molar-refractivity contribution in [2.75, 3.05) is 49.8 Å². The summed E-state index contributed by atoms with van der Waals surface area (Å²) in [6.45, 7) is 3.20. The number of benzene rings is 1. The van der Waals surface area contributed by atoms with Gasteiger partial charge in [-0.15, -0.1) is 0 Å². The number of piperidine rings is 1. The Morgan fingerprint density at radius 3 is 2.57 bits per heavy atom. The maximum atomic E-state index is 15.2. The number of ether oxygens (including phenoxy) is 2. The van der Waals surface area contributed by atoms with Gasteiger partial charge >= 0.3 is 0 Å². The van der Waals surface area contributed by atoms with Gasteiger partial charge in [0.25, 0.3) is 0 Å². The second-order valence-electron chi connectivity index (χ2n) is 11.8. The van der Waals surface area contributed by atoms with Crippen LogP contribution in [-0.2, 0) is 31.3 Å². The first-order chi connectivity index (χ1) is 20.9. The van der Waals surface area contributed by atoms with Crippen LogP contribution in [0.3, 0.4) is 0 Å². The molecule has 4 aromatic rings. The van der Waals surface area contributed by atoms with Gasteiger partial charge in [0.1, 0.15) is 32.9 Å². The Morgan fingerprint density at radius 2 is 1.91 bits per heavy atom. The number of halogens is 2. The van der Waals surface area contributed by atoms with Gasteiger partial charge in [0, 0.05) is 61.4 Å². The van der Waals surface area contributed by atoms with Crippen LogP contribution in [0.1, 0.15) is 23.9 Å². The fourth-order valence-corrected chi connectivity index (χ4v) is 6.30. The lowest BCUT2D eigenvalue weighted by molar-refractivity contribution is -0.184. The third-order valence-electron chi connectivity index (χ3n) is 8.23. The molecule has 14 heteroatoms. The summed E-state index contributed by atoms with van der Waals surface area (Å²) in [4.78, 5) is 11.0. The molecule has 5 heterocycles. The molecule has 44 heavy (non-hydrogen) atoms. The Labute approximate surface area is 253 Å². The first kappa shape index (κ1) is 30.5. The van der Waals surface area contributed by atoms with Gasteiger partial charge in [0.2, 0.25) is 0 Å². The topological polar surface area (TPSA) is 145 Å². The fourth-order valence-electron chi connectivity index (χ4n) is 5.90. The number of rotatable bonds is 9. The summed E-state index contributed by atoms with van der Waals surface area (Å²) in [5.74, 6) is -1.15. The highest BCUT2D eigenvalue weighted by Crippen LogP contribution is 2.34. The van der Waals surface area contributed by atoms with E-state index in [1.54, 1.807) is 29.2 Å². The van der Waals surface area contributed by atoms with Gasteiger partial charge in [-0.25, -0.2) is 26.7 Å². The van der Waals surface area contributed by atoms with Crippen LogP contribution in [0.5, 0.6) is 0 Å². The molecular formula is C30H34F2N6O5S. The van der Waals surface area contributed by atoms with E-state index in [1.165, 1.54) is 12.3 Å². The van der Waals surface area contributed by atoms with E-state index < -0.39 is 27.1 Å². The molecule has 6 rings (SSSR count). The average Bonchev–Trinajstić information content (AvgIpc) is 3.34. The molecule has 2 aliphatic heterocycles. The third-order valence-corrected chi connectivity index (χ3v) is 9.13. The Balaban J connectivity index is 1.24. The summed E-state index contributed by atoms with van der Waals surface area (Å²) in [7, 11) is -3.14. The van der Waals surface area contributed by atoms with E-state index in [1.807, 2.05) is 13.0 Å². The van der Waals surface area contributed by atoms with Gasteiger partial charge < -0.3 is 25.2 Å². The maximum absolute atomic E-state index is 15.2. The Bertz CT molecular complexity index is 1760. The summed E-state index contributed by atoms with van der Waals surface area (Å²) in [5, 5.41) is 15.0. The molecule has 0 spiro atoms. The minimum atomic E-state index is -3.14. The molecule has 0 aliphatic carbocycles. The minimum absolute atomic E-state index is 0.0216. The summed E-state index contributed by atoms with van der Waals surface area (Å²) in [6.07, 6.45) is 6.32. The van der Waals surface area contributed by atoms with Crippen molar-refractivity contribution in [2.45, 2.75) is 31.1 Å². The van der Waals surface area contributed by atoms with E-state index >= 15 is 8.78 Å². The first-order valence-electron chi connectivity index (χ1n) is 14.3. The second kappa shape index (κ2) is 11.7. The van der Waals surface area contributed by atoms with E-state index in [0.717, 1.165) is 23.4 Å². The van der Waals surface area contributed by atoms with Crippen molar-refractivity contribution in [3.05, 3.63) is 77.5 Å². The molecule has 0 saturated carbocycles. The van der Waals surface area contributed by atoms with Crippen LogP contribution >= 0.6 is 0 Å². The lowest BCUT2D eigenvalue weighted by atomic mass is 9.90. The highest BCUT2D eigenvalue weighted by atomic mass is 32.2. The molecule has 2 aliphatic rings. The van der Waals surface area contributed by atoms with Gasteiger partial charge in [-0.3, -0.25) is 4.98 Å². The van der Waals surface area contributed by atoms with Gasteiger partial charge in [-0.1, -0.05) is 6.92 Å². The number of hydrogen-bond acceptors (Lipinski definition) is 10. The zero-order valence-electron chi connectivity index (χ0n) is 24.4. The number of anilines is 1. The van der Waals surface area contributed by atoms with Gasteiger partial charge in [-0.2, -0.15) is 5.10 Å². The van der Waals surface area contributed by atoms with Crippen molar-refractivity contribution < 1.29 is 31.8 Å². The zero-order valence-corrected chi connectivity index (χ0v) is 25.2. The van der Waals surface area contributed by atoms with Crippen LogP contribution in [0, 0.1) is 17.6 Å². The van der Waals surface area contributed by atoms with Crippen LogP contribution < -0.4 is 10.6 Å². The number of nitrogens with zero attached hydrogens (tertiary/aromatic N) is 5. The van der Waals surface area contributed by atoms with Crippen LogP contribution in [0.15, 0.2) is 48.9 Å². The molecule has 11 nitrogen and oxygen atoms in total. The number of nitrogens with two attached hydrogens (primary N) is 1. The SMILES string of the molecule is C[C@H]1CN(c2ccncc2Cc2ncc3ccc(-c4c(F)cc(C5(O)COC5)cc4F)nn23)C[C@@H](N)[C@H]1OCCS(C)(=O)=O. The molecule has 2 saturated heterocycles. The molecule has 234 valence electrons. The Kier molecular flexibility index (Phi) is 8.13. The second-order valence-corrected chi connectivity index (χ2v) is 14.0. The minimum Gasteiger partial charge on any atom is -0.380 e. The highest BCUT2D eigenvalue weighted by Gasteiger charge is 2.39. The molecule has 2 fully saturated rings. The number of fused-ring (bicyclic) bond motifs is 1. The number of pyridine rings is 1. The highest BCUT2D eigenvalue weighted by molar-refractivity contribution is 7.90. The molecular weight excluding hydrogens is 594 g/mol. The summed E-state index contributed by atoms with van der Waals surface area (Å²) >= 11 is 0. The molecule has 0 unspecified atom stereocenters. The molecule has 0 amide bonds. The molecule has 1 aromatic carbocycles. The smallest absolute Gasteiger partial charge is 0.149 e. The molecule has 0 bridgehead atoms. The van der Waals surface area contributed by atoms with Crippen LogP contribution in [-0.4, -0.2) is 90.2 Å². The number of sulfone groups is 1. The zero-order chi connectivity index (χ0) is 31.2. The quantitative estimate of drug-likeness (QED) is 0.283. The largest absolute Gasteiger partial charge is 0.380 e. The van der Waals surface area contributed by atoms with Crippen molar-refractivity contribution in [3.63, 3.8) is 0 Å². The predicted octanol–water partition coefficient (Wildman–Crippen LogP) is 2.09. The van der Waals surface area contributed by atoms with E-state index in [4.69, 9.17) is 15.2 Å². The summed E-state index contributed by atoms with van der Waals surface area (Å²) in [6, 6.07) is 7.03. The third kappa shape index (κ3) is 6.04. The number of aliphatic hydroxyl groups is 1. The summed E-state index contributed by atoms with van der Waals surface area (Å²) in [5.41, 5.74) is 7.43. The molecule has 3 N–H and O–H groups in total. The van der Waals surface area contributed by atoms with Gasteiger partial charge in [0.05, 0.1) is 54.6 Å². The van der Waals surface area contributed by atoms with Crippen molar-refractivity contribution >= 4 is 21.0 Å². The lowest BCUT2D eigenvalue weighted by Crippen LogP contribution is -2.57. The summed E-state index contributed by atoms with van der Waals surface area (Å²) < 4.78 is 65.9. The van der Waals surface area contributed by atoms with E-state index in [0.29, 0.717) is 30.9 Å². The van der Waals surface area contributed by atoms with Crippen LogP contribution in [0.25, 0.3) is 16.8 Å². The van der Waals surface area contributed by atoms with E-state index in [2.05, 4.69) is 20.0 Å². The number of hydrogen-bond donors (Lipinski definition) is 2. The molecule has 0 radical (unpaired) electrons. The molecule has 3 aromatic heterocycles. The van der Waals surface area contributed by atoms with Crippen molar-refractivity contribution in [3.8, 4) is 11.3 Å². The van der Waals surface area contributed by atoms with E-state index in [9.17, 15) is 13.5 Å². The van der Waals surface area contributed by atoms with Crippen molar-refractivity contribution in [2.24, 2.45) is 11.7 Å². The number of aromatic nitrogens is 4. The fraction of sp³-hybridized carbons (Fsp3) is 0.433. The monoisotopic (exact) mass is 628 g/mol. The average molecular weight is 629 g/mol. The molecule has 3 atom stereocenters. The standard InChI is InChI=1S/C30H34F2N6O5S/c1-18-14-37(15-24(33)29(18)43-7-8-44(2,40)41)26-5-6-34-12-19(26)9-27-35-13-21-3-4-25(36-38(21)27)28-22(31)10-20(11-23(28)32)30(39)16-42-17-30/h3-6,10-13,18,24,29,39H,7-9,14-17,33H2,1-2H3/t18-,24+,29-/m0/s1. The number of imidazole rings is 1. The normalized spacial score (nSPS) is 21.9. The van der Waals surface area contributed by atoms with Crippen LogP contribution in [0.4, 0.5) is 14.5 Å². The predicted molar refractivity (Wildman–Crippen MR) is 159 cm³/mol.